The first kappa shape index (κ1) is 33.5. The third kappa shape index (κ3) is 8.89. The van der Waals surface area contributed by atoms with Gasteiger partial charge in [0.05, 0.1) is 19.2 Å². The molecule has 0 amide bonds. The van der Waals surface area contributed by atoms with Crippen LogP contribution in [0.15, 0.2) is 94.6 Å². The maximum atomic E-state index is 12.8. The van der Waals surface area contributed by atoms with Crippen molar-refractivity contribution in [2.45, 2.75) is 71.9 Å². The summed E-state index contributed by atoms with van der Waals surface area (Å²) >= 11 is 0. The van der Waals surface area contributed by atoms with Crippen molar-refractivity contribution < 1.29 is 33.1 Å². The Bertz CT molecular complexity index is 1670. The minimum Gasteiger partial charge on any atom is -0.497 e. The Balaban J connectivity index is 1.14. The number of hydrogen-bond acceptors (Lipinski definition) is 9. The van der Waals surface area contributed by atoms with Crippen LogP contribution in [0.3, 0.4) is 0 Å². The van der Waals surface area contributed by atoms with E-state index in [0.717, 1.165) is 33.7 Å². The average molecular weight is 639 g/mol. The van der Waals surface area contributed by atoms with Crippen molar-refractivity contribution in [1.82, 2.24) is 5.16 Å². The minimum atomic E-state index is -0.519. The van der Waals surface area contributed by atoms with Crippen LogP contribution in [0.1, 0.15) is 66.9 Å². The normalized spacial score (nSPS) is 18.4. The van der Waals surface area contributed by atoms with E-state index in [9.17, 15) is 4.79 Å². The second-order valence-electron chi connectivity index (χ2n) is 11.8. The highest BCUT2D eigenvalue weighted by Crippen LogP contribution is 2.31. The van der Waals surface area contributed by atoms with Crippen molar-refractivity contribution in [3.63, 3.8) is 0 Å². The zero-order chi connectivity index (χ0) is 33.3. The van der Waals surface area contributed by atoms with Crippen LogP contribution >= 0.6 is 0 Å². The molecule has 0 saturated heterocycles. The zero-order valence-electron chi connectivity index (χ0n) is 27.8. The van der Waals surface area contributed by atoms with Crippen LogP contribution in [-0.4, -0.2) is 42.8 Å². The van der Waals surface area contributed by atoms with E-state index in [1.165, 1.54) is 5.56 Å². The topological polar surface area (TPSA) is 102 Å². The Morgan fingerprint density at radius 2 is 1.64 bits per heavy atom. The van der Waals surface area contributed by atoms with Crippen LogP contribution in [0.25, 0.3) is 11.3 Å². The van der Waals surface area contributed by atoms with Crippen LogP contribution in [0.2, 0.25) is 0 Å². The molecule has 0 N–H and O–H groups in total. The molecule has 1 aliphatic rings. The molecule has 2 heterocycles. The summed E-state index contributed by atoms with van der Waals surface area (Å²) in [5, 5.41) is 8.49. The molecule has 4 aromatic rings. The summed E-state index contributed by atoms with van der Waals surface area (Å²) in [4.78, 5) is 18.5. The van der Waals surface area contributed by atoms with Gasteiger partial charge < -0.3 is 28.3 Å². The molecule has 0 unspecified atom stereocenters. The fourth-order valence-electron chi connectivity index (χ4n) is 5.52. The molecule has 9 heteroatoms. The van der Waals surface area contributed by atoms with Crippen molar-refractivity contribution in [2.24, 2.45) is 5.16 Å². The molecule has 1 aromatic heterocycles. The summed E-state index contributed by atoms with van der Waals surface area (Å²) < 4.78 is 29.1. The maximum Gasteiger partial charge on any atom is 0.306 e. The van der Waals surface area contributed by atoms with Gasteiger partial charge in [-0.2, -0.15) is 0 Å². The van der Waals surface area contributed by atoms with Gasteiger partial charge in [-0.3, -0.25) is 4.79 Å². The van der Waals surface area contributed by atoms with Gasteiger partial charge in [0.15, 0.2) is 11.9 Å². The second kappa shape index (κ2) is 15.6. The van der Waals surface area contributed by atoms with E-state index < -0.39 is 18.3 Å². The zero-order valence-corrected chi connectivity index (χ0v) is 27.8. The molecular formula is C38H42N2O7. The number of aryl methyl sites for hydroxylation is 3. The monoisotopic (exact) mass is 638 g/mol. The number of esters is 1. The highest BCUT2D eigenvalue weighted by atomic mass is 16.6. The number of rotatable bonds is 13. The molecule has 5 rings (SSSR count). The van der Waals surface area contributed by atoms with E-state index in [1.54, 1.807) is 7.11 Å². The van der Waals surface area contributed by atoms with Gasteiger partial charge in [0.25, 0.3) is 0 Å². The first-order valence-electron chi connectivity index (χ1n) is 15.8. The summed E-state index contributed by atoms with van der Waals surface area (Å²) in [5.41, 5.74) is 6.96. The van der Waals surface area contributed by atoms with Gasteiger partial charge in [0, 0.05) is 11.6 Å². The average Bonchev–Trinajstić information content (AvgIpc) is 3.56. The number of benzene rings is 3. The number of nitrogens with zero attached hydrogens (tertiary/aromatic N) is 2. The molecule has 4 atom stereocenters. The molecule has 1 aliphatic heterocycles. The van der Waals surface area contributed by atoms with Crippen LogP contribution < -0.4 is 9.47 Å². The van der Waals surface area contributed by atoms with Gasteiger partial charge in [0.2, 0.25) is 0 Å². The van der Waals surface area contributed by atoms with E-state index in [0.29, 0.717) is 23.6 Å². The molecule has 0 fully saturated rings. The van der Waals surface area contributed by atoms with Crippen LogP contribution in [0.4, 0.5) is 0 Å². The van der Waals surface area contributed by atoms with Gasteiger partial charge in [0.1, 0.15) is 42.1 Å². The van der Waals surface area contributed by atoms with Crippen LogP contribution in [0.5, 0.6) is 11.5 Å². The Morgan fingerprint density at radius 1 is 0.936 bits per heavy atom. The Kier molecular flexibility index (Phi) is 11.1. The molecule has 47 heavy (non-hydrogen) atoms. The SMILES string of the molecule is COc1ccc(O[C@H]2C=C[C@@H](c3ccccc3)O[C@@H]2COC(=O)CCC(C)=NO[C@@H](C)c2cc(-c3c(C)cc(C)cc3C)no2)cc1. The molecule has 0 bridgehead atoms. The smallest absolute Gasteiger partial charge is 0.306 e. The van der Waals surface area contributed by atoms with Gasteiger partial charge in [-0.1, -0.05) is 64.4 Å². The number of oxime groups is 1. The molecule has 0 saturated carbocycles. The van der Waals surface area contributed by atoms with Gasteiger partial charge in [-0.25, -0.2) is 0 Å². The fourth-order valence-corrected chi connectivity index (χ4v) is 5.52. The molecule has 3 aromatic carbocycles. The van der Waals surface area contributed by atoms with Gasteiger partial charge in [-0.15, -0.1) is 0 Å². The van der Waals surface area contributed by atoms with Crippen molar-refractivity contribution >= 4 is 11.7 Å². The highest BCUT2D eigenvalue weighted by molar-refractivity contribution is 5.85. The maximum absolute atomic E-state index is 12.8. The van der Waals surface area contributed by atoms with E-state index in [1.807, 2.05) is 86.7 Å². The number of hydrogen-bond donors (Lipinski definition) is 0. The fraction of sp³-hybridized carbons (Fsp3) is 0.342. The summed E-state index contributed by atoms with van der Waals surface area (Å²) in [6, 6.07) is 23.3. The molecule has 0 aliphatic carbocycles. The lowest BCUT2D eigenvalue weighted by Crippen LogP contribution is -2.40. The lowest BCUT2D eigenvalue weighted by atomic mass is 9.97. The largest absolute Gasteiger partial charge is 0.497 e. The minimum absolute atomic E-state index is 0.0326. The lowest BCUT2D eigenvalue weighted by molar-refractivity contribution is -0.152. The van der Waals surface area contributed by atoms with Gasteiger partial charge in [-0.05, 0) is 88.1 Å². The molecule has 246 valence electrons. The van der Waals surface area contributed by atoms with Crippen molar-refractivity contribution in [2.75, 3.05) is 13.7 Å². The second-order valence-corrected chi connectivity index (χ2v) is 11.8. The summed E-state index contributed by atoms with van der Waals surface area (Å²) in [6.45, 7) is 9.90. The summed E-state index contributed by atoms with van der Waals surface area (Å²) in [6.07, 6.45) is 2.72. The number of carbonyl (C=O) groups is 1. The quantitative estimate of drug-likeness (QED) is 0.0625. The first-order valence-corrected chi connectivity index (χ1v) is 15.8. The van der Waals surface area contributed by atoms with Crippen LogP contribution in [0, 0.1) is 20.8 Å². The first-order chi connectivity index (χ1) is 22.7. The third-order valence-electron chi connectivity index (χ3n) is 7.95. The Morgan fingerprint density at radius 3 is 2.34 bits per heavy atom. The third-order valence-corrected chi connectivity index (χ3v) is 7.95. The molecule has 9 nitrogen and oxygen atoms in total. The lowest BCUT2D eigenvalue weighted by Gasteiger charge is -2.32. The Hall–Kier alpha value is -4.89. The van der Waals surface area contributed by atoms with Crippen molar-refractivity contribution in [3.8, 4) is 22.8 Å². The van der Waals surface area contributed by atoms with Crippen molar-refractivity contribution in [3.05, 3.63) is 113 Å². The molecular weight excluding hydrogens is 596 g/mol. The highest BCUT2D eigenvalue weighted by Gasteiger charge is 2.31. The van der Waals surface area contributed by atoms with E-state index in [-0.39, 0.29) is 25.1 Å². The molecule has 0 spiro atoms. The number of methoxy groups -OCH3 is 1. The number of aromatic nitrogens is 1. The van der Waals surface area contributed by atoms with E-state index in [4.69, 9.17) is 28.3 Å². The predicted octanol–water partition coefficient (Wildman–Crippen LogP) is 8.20. The van der Waals surface area contributed by atoms with E-state index in [2.05, 4.69) is 43.2 Å². The van der Waals surface area contributed by atoms with Crippen molar-refractivity contribution in [1.29, 1.82) is 0 Å². The number of carbonyl (C=O) groups excluding carboxylic acids is 1. The van der Waals surface area contributed by atoms with Crippen LogP contribution in [-0.2, 0) is 19.1 Å². The van der Waals surface area contributed by atoms with Gasteiger partial charge >= 0.3 is 5.97 Å². The summed E-state index contributed by atoms with van der Waals surface area (Å²) in [5.74, 6) is 1.59. The predicted molar refractivity (Wildman–Crippen MR) is 180 cm³/mol. The number of ether oxygens (including phenoxy) is 4. The Labute approximate surface area is 276 Å². The molecule has 0 radical (unpaired) electrons. The standard InChI is InChI=1S/C38H42N2O7/c1-24-20-25(2)38(26(3)21-24)32-22-35(47-40-32)28(5)46-39-27(4)12-19-37(41)43-23-36-34(44-31-15-13-30(42-6)14-16-31)18-17-33(45-36)29-10-8-7-9-11-29/h7-11,13-18,20-22,28,33-34,36H,12,19,23H2,1-6H3/t28-,33-,34-,36+/m0/s1. The van der Waals surface area contributed by atoms with E-state index >= 15 is 0 Å². The summed E-state index contributed by atoms with van der Waals surface area (Å²) in [7, 11) is 1.62.